The molecule has 2 aromatic rings. The SMILES string of the molecule is COc1ccc(C(N)CCN)cc1Cc1cnc(Cl)s1. The summed E-state index contributed by atoms with van der Waals surface area (Å²) in [5.74, 6) is 0.846. The average Bonchev–Trinajstić information content (AvgIpc) is 2.84. The molecule has 1 unspecified atom stereocenters. The topological polar surface area (TPSA) is 74.2 Å². The van der Waals surface area contributed by atoms with Gasteiger partial charge in [-0.15, -0.1) is 11.3 Å². The highest BCUT2D eigenvalue weighted by Gasteiger charge is 2.11. The zero-order valence-corrected chi connectivity index (χ0v) is 12.9. The Hall–Kier alpha value is -1.14. The summed E-state index contributed by atoms with van der Waals surface area (Å²) in [6, 6.07) is 5.97. The van der Waals surface area contributed by atoms with Gasteiger partial charge in [-0.2, -0.15) is 0 Å². The molecule has 0 fully saturated rings. The molecular weight excluding hydrogens is 294 g/mol. The number of methoxy groups -OCH3 is 1. The molecule has 0 amide bonds. The van der Waals surface area contributed by atoms with Gasteiger partial charge in [-0.1, -0.05) is 23.7 Å². The lowest BCUT2D eigenvalue weighted by atomic mass is 10.00. The molecule has 2 rings (SSSR count). The van der Waals surface area contributed by atoms with E-state index in [-0.39, 0.29) is 6.04 Å². The minimum absolute atomic E-state index is 0.0466. The molecule has 0 spiro atoms. The first-order valence-electron chi connectivity index (χ1n) is 6.36. The zero-order valence-electron chi connectivity index (χ0n) is 11.3. The molecule has 0 aliphatic rings. The molecule has 0 radical (unpaired) electrons. The summed E-state index contributed by atoms with van der Waals surface area (Å²) in [5, 5.41) is 0. The van der Waals surface area contributed by atoms with Crippen LogP contribution in [0.4, 0.5) is 0 Å². The zero-order chi connectivity index (χ0) is 14.5. The Bertz CT molecular complexity index is 573. The number of aromatic nitrogens is 1. The van der Waals surface area contributed by atoms with Crippen LogP contribution in [-0.4, -0.2) is 18.6 Å². The molecule has 0 saturated carbocycles. The van der Waals surface area contributed by atoms with E-state index in [0.717, 1.165) is 34.6 Å². The molecule has 20 heavy (non-hydrogen) atoms. The van der Waals surface area contributed by atoms with E-state index in [4.69, 9.17) is 27.8 Å². The van der Waals surface area contributed by atoms with E-state index in [0.29, 0.717) is 11.0 Å². The number of halogens is 1. The number of hydrogen-bond donors (Lipinski definition) is 2. The van der Waals surface area contributed by atoms with E-state index < -0.39 is 0 Å². The number of nitrogens with two attached hydrogens (primary N) is 2. The van der Waals surface area contributed by atoms with E-state index >= 15 is 0 Å². The molecule has 0 saturated heterocycles. The quantitative estimate of drug-likeness (QED) is 0.860. The largest absolute Gasteiger partial charge is 0.496 e. The maximum absolute atomic E-state index is 6.11. The summed E-state index contributed by atoms with van der Waals surface area (Å²) in [6.07, 6.45) is 3.29. The molecule has 1 aromatic heterocycles. The maximum Gasteiger partial charge on any atom is 0.183 e. The van der Waals surface area contributed by atoms with Crippen LogP contribution in [0.2, 0.25) is 4.47 Å². The summed E-state index contributed by atoms with van der Waals surface area (Å²) < 4.78 is 5.96. The highest BCUT2D eigenvalue weighted by atomic mass is 35.5. The third-order valence-corrected chi connectivity index (χ3v) is 4.22. The van der Waals surface area contributed by atoms with Crippen LogP contribution < -0.4 is 16.2 Å². The molecule has 1 heterocycles. The van der Waals surface area contributed by atoms with Gasteiger partial charge >= 0.3 is 0 Å². The fraction of sp³-hybridized carbons (Fsp3) is 0.357. The van der Waals surface area contributed by atoms with Gasteiger partial charge < -0.3 is 16.2 Å². The Labute approximate surface area is 127 Å². The molecule has 0 aliphatic carbocycles. The predicted octanol–water partition coefficient (Wildman–Crippen LogP) is 2.74. The van der Waals surface area contributed by atoms with Crippen molar-refractivity contribution in [3.63, 3.8) is 0 Å². The number of ether oxygens (including phenoxy) is 1. The van der Waals surface area contributed by atoms with Crippen molar-refractivity contribution in [2.75, 3.05) is 13.7 Å². The van der Waals surface area contributed by atoms with E-state index in [2.05, 4.69) is 11.1 Å². The Morgan fingerprint density at radius 1 is 1.45 bits per heavy atom. The van der Waals surface area contributed by atoms with Gasteiger partial charge in [0.15, 0.2) is 4.47 Å². The van der Waals surface area contributed by atoms with Crippen molar-refractivity contribution in [3.8, 4) is 5.75 Å². The Balaban J connectivity index is 2.26. The fourth-order valence-corrected chi connectivity index (χ4v) is 3.07. The normalized spacial score (nSPS) is 12.4. The Morgan fingerprint density at radius 2 is 2.25 bits per heavy atom. The first-order valence-corrected chi connectivity index (χ1v) is 7.56. The molecule has 4 N–H and O–H groups in total. The molecular formula is C14H18ClN3OS. The van der Waals surface area contributed by atoms with E-state index in [1.54, 1.807) is 13.3 Å². The number of rotatable bonds is 6. The van der Waals surface area contributed by atoms with Crippen LogP contribution in [0.3, 0.4) is 0 Å². The van der Waals surface area contributed by atoms with E-state index in [9.17, 15) is 0 Å². The number of nitrogens with zero attached hydrogens (tertiary/aromatic N) is 1. The molecule has 1 atom stereocenters. The molecule has 108 valence electrons. The molecule has 0 aliphatic heterocycles. The first kappa shape index (κ1) is 15.3. The predicted molar refractivity (Wildman–Crippen MR) is 83.5 cm³/mol. The average molecular weight is 312 g/mol. The van der Waals surface area contributed by atoms with Crippen molar-refractivity contribution in [1.82, 2.24) is 4.98 Å². The van der Waals surface area contributed by atoms with Crippen LogP contribution in [0.1, 0.15) is 28.5 Å². The third kappa shape index (κ3) is 3.70. The van der Waals surface area contributed by atoms with Crippen molar-refractivity contribution in [1.29, 1.82) is 0 Å². The van der Waals surface area contributed by atoms with E-state index in [1.807, 2.05) is 12.1 Å². The van der Waals surface area contributed by atoms with Gasteiger partial charge in [-0.05, 0) is 30.2 Å². The molecule has 4 nitrogen and oxygen atoms in total. The Morgan fingerprint density at radius 3 is 2.85 bits per heavy atom. The number of thiazole rings is 1. The minimum atomic E-state index is -0.0466. The minimum Gasteiger partial charge on any atom is -0.496 e. The van der Waals surface area contributed by atoms with Gasteiger partial charge in [0.25, 0.3) is 0 Å². The lowest BCUT2D eigenvalue weighted by molar-refractivity contribution is 0.410. The highest BCUT2D eigenvalue weighted by Crippen LogP contribution is 2.28. The summed E-state index contributed by atoms with van der Waals surface area (Å²) in [5.41, 5.74) is 13.8. The fourth-order valence-electron chi connectivity index (χ4n) is 2.07. The van der Waals surface area contributed by atoms with Crippen LogP contribution in [0.15, 0.2) is 24.4 Å². The smallest absolute Gasteiger partial charge is 0.183 e. The van der Waals surface area contributed by atoms with Gasteiger partial charge in [0, 0.05) is 23.5 Å². The van der Waals surface area contributed by atoms with Crippen molar-refractivity contribution < 1.29 is 4.74 Å². The van der Waals surface area contributed by atoms with Crippen LogP contribution in [0.5, 0.6) is 5.75 Å². The molecule has 0 bridgehead atoms. The van der Waals surface area contributed by atoms with Gasteiger partial charge in [0.05, 0.1) is 7.11 Å². The lowest BCUT2D eigenvalue weighted by Crippen LogP contribution is -2.15. The van der Waals surface area contributed by atoms with Crippen LogP contribution in [0.25, 0.3) is 0 Å². The van der Waals surface area contributed by atoms with Crippen molar-refractivity contribution >= 4 is 22.9 Å². The van der Waals surface area contributed by atoms with Crippen molar-refractivity contribution in [2.45, 2.75) is 18.9 Å². The van der Waals surface area contributed by atoms with Gasteiger partial charge in [-0.3, -0.25) is 0 Å². The summed E-state index contributed by atoms with van der Waals surface area (Å²) >= 11 is 7.34. The van der Waals surface area contributed by atoms with Crippen LogP contribution >= 0.6 is 22.9 Å². The maximum atomic E-state index is 6.11. The van der Waals surface area contributed by atoms with Crippen molar-refractivity contribution in [3.05, 3.63) is 44.9 Å². The van der Waals surface area contributed by atoms with Crippen LogP contribution in [0, 0.1) is 0 Å². The highest BCUT2D eigenvalue weighted by molar-refractivity contribution is 7.15. The van der Waals surface area contributed by atoms with Gasteiger partial charge in [0.2, 0.25) is 0 Å². The summed E-state index contributed by atoms with van der Waals surface area (Å²) in [6.45, 7) is 0.576. The van der Waals surface area contributed by atoms with Gasteiger partial charge in [0.1, 0.15) is 5.75 Å². The Kier molecular flexibility index (Phi) is 5.37. The first-order chi connectivity index (χ1) is 9.63. The van der Waals surface area contributed by atoms with Gasteiger partial charge in [-0.25, -0.2) is 4.98 Å². The second-order valence-electron chi connectivity index (χ2n) is 4.51. The number of hydrogen-bond acceptors (Lipinski definition) is 5. The van der Waals surface area contributed by atoms with Crippen molar-refractivity contribution in [2.24, 2.45) is 11.5 Å². The number of benzene rings is 1. The summed E-state index contributed by atoms with van der Waals surface area (Å²) in [7, 11) is 1.66. The summed E-state index contributed by atoms with van der Waals surface area (Å²) in [4.78, 5) is 5.15. The standard InChI is InChI=1S/C14H18ClN3OS/c1-19-13-3-2-9(12(17)4-5-16)6-10(13)7-11-8-18-14(15)20-11/h2-3,6,8,12H,4-5,7,16-17H2,1H3. The third-order valence-electron chi connectivity index (χ3n) is 3.10. The molecule has 6 heteroatoms. The lowest BCUT2D eigenvalue weighted by Gasteiger charge is -2.14. The monoisotopic (exact) mass is 311 g/mol. The van der Waals surface area contributed by atoms with Crippen LogP contribution in [-0.2, 0) is 6.42 Å². The molecule has 1 aromatic carbocycles. The second-order valence-corrected chi connectivity index (χ2v) is 6.21. The second kappa shape index (κ2) is 7.04. The van der Waals surface area contributed by atoms with E-state index in [1.165, 1.54) is 11.3 Å².